The molecule has 7 nitrogen and oxygen atoms in total. The predicted octanol–water partition coefficient (Wildman–Crippen LogP) is 3.30. The maximum absolute atomic E-state index is 12.9. The van der Waals surface area contributed by atoms with E-state index in [9.17, 15) is 9.59 Å². The molecule has 3 aromatic rings. The second kappa shape index (κ2) is 6.89. The molecule has 0 aromatic carbocycles. The van der Waals surface area contributed by atoms with Gasteiger partial charge in [0, 0.05) is 25.9 Å². The first-order valence-electron chi connectivity index (χ1n) is 11.5. The molecule has 4 saturated carbocycles. The molecule has 4 fully saturated rings. The first kappa shape index (κ1) is 19.5. The van der Waals surface area contributed by atoms with Gasteiger partial charge in [-0.3, -0.25) is 18.6 Å². The minimum Gasteiger partial charge on any atom is -0.353 e. The molecule has 0 radical (unpaired) electrons. The van der Waals surface area contributed by atoms with Crippen LogP contribution in [0, 0.1) is 23.2 Å². The van der Waals surface area contributed by atoms with Crippen LogP contribution in [0.5, 0.6) is 0 Å². The molecule has 0 spiro atoms. The lowest BCUT2D eigenvalue weighted by Crippen LogP contribution is -2.55. The Morgan fingerprint density at radius 3 is 2.58 bits per heavy atom. The number of hydrogen-bond acceptors (Lipinski definition) is 5. The smallest absolute Gasteiger partial charge is 0.272 e. The van der Waals surface area contributed by atoms with Crippen molar-refractivity contribution < 1.29 is 4.79 Å². The van der Waals surface area contributed by atoms with E-state index in [0.29, 0.717) is 28.7 Å². The van der Waals surface area contributed by atoms with Gasteiger partial charge in [-0.15, -0.1) is 21.5 Å². The Balaban J connectivity index is 1.18. The van der Waals surface area contributed by atoms with Crippen molar-refractivity contribution in [3.8, 4) is 0 Å². The van der Waals surface area contributed by atoms with E-state index in [0.717, 1.165) is 29.1 Å². The highest BCUT2D eigenvalue weighted by Gasteiger charge is 2.53. The van der Waals surface area contributed by atoms with Crippen LogP contribution in [-0.4, -0.2) is 31.1 Å². The quantitative estimate of drug-likeness (QED) is 0.661. The van der Waals surface area contributed by atoms with Crippen LogP contribution in [0.4, 0.5) is 0 Å². The third-order valence-corrected chi connectivity index (χ3v) is 9.25. The van der Waals surface area contributed by atoms with Crippen molar-refractivity contribution in [1.29, 1.82) is 0 Å². The van der Waals surface area contributed by atoms with Gasteiger partial charge in [0.15, 0.2) is 0 Å². The van der Waals surface area contributed by atoms with Crippen molar-refractivity contribution in [3.63, 3.8) is 0 Å². The summed E-state index contributed by atoms with van der Waals surface area (Å²) >= 11 is 1.43. The maximum Gasteiger partial charge on any atom is 0.272 e. The van der Waals surface area contributed by atoms with Gasteiger partial charge in [0.1, 0.15) is 10.5 Å². The number of rotatable bonds is 5. The van der Waals surface area contributed by atoms with Crippen LogP contribution in [0.25, 0.3) is 16.0 Å². The number of carbonyl (C=O) groups excluding carboxylic acids is 1. The van der Waals surface area contributed by atoms with Crippen molar-refractivity contribution in [2.24, 2.45) is 30.2 Å². The number of carbonyl (C=O) groups is 1. The average molecular weight is 440 g/mol. The Kier molecular flexibility index (Phi) is 4.32. The van der Waals surface area contributed by atoms with Gasteiger partial charge in [-0.1, -0.05) is 0 Å². The summed E-state index contributed by atoms with van der Waals surface area (Å²) in [6, 6.07) is 2.16. The van der Waals surface area contributed by atoms with Gasteiger partial charge >= 0.3 is 0 Å². The Hall–Kier alpha value is -2.22. The summed E-state index contributed by atoms with van der Waals surface area (Å²) in [6.45, 7) is 2.22. The number of hydrogen-bond donors (Lipinski definition) is 1. The van der Waals surface area contributed by atoms with Crippen LogP contribution in [-0.2, 0) is 18.3 Å². The largest absolute Gasteiger partial charge is 0.353 e. The Bertz CT molecular complexity index is 1200. The number of aryl methyl sites for hydroxylation is 2. The SMILES string of the molecule is C[C@H](NC(=O)CCc1nnc2n(C)c(=O)c3sccc3n12)C12CC3CC(CC(C3)C1)C2. The summed E-state index contributed by atoms with van der Waals surface area (Å²) in [5, 5.41) is 13.8. The van der Waals surface area contributed by atoms with Crippen LogP contribution < -0.4 is 10.9 Å². The zero-order valence-electron chi connectivity index (χ0n) is 18.1. The number of fused-ring (bicyclic) bond motifs is 3. The van der Waals surface area contributed by atoms with Gasteiger partial charge < -0.3 is 5.32 Å². The summed E-state index contributed by atoms with van der Waals surface area (Å²) in [6.07, 6.45) is 9.01. The highest BCUT2D eigenvalue weighted by atomic mass is 32.1. The van der Waals surface area contributed by atoms with Gasteiger partial charge in [0.2, 0.25) is 11.7 Å². The van der Waals surface area contributed by atoms with E-state index in [1.165, 1.54) is 54.4 Å². The molecule has 1 atom stereocenters. The molecule has 4 bridgehead atoms. The van der Waals surface area contributed by atoms with E-state index >= 15 is 0 Å². The lowest BCUT2D eigenvalue weighted by Gasteiger charge is -2.59. The monoisotopic (exact) mass is 439 g/mol. The van der Waals surface area contributed by atoms with E-state index < -0.39 is 0 Å². The van der Waals surface area contributed by atoms with Crippen molar-refractivity contribution in [2.45, 2.75) is 64.3 Å². The van der Waals surface area contributed by atoms with Gasteiger partial charge in [-0.2, -0.15) is 0 Å². The van der Waals surface area contributed by atoms with E-state index in [2.05, 4.69) is 22.4 Å². The van der Waals surface area contributed by atoms with Crippen molar-refractivity contribution in [2.75, 3.05) is 0 Å². The molecule has 0 unspecified atom stereocenters. The molecule has 3 aromatic heterocycles. The van der Waals surface area contributed by atoms with Crippen LogP contribution >= 0.6 is 11.3 Å². The van der Waals surface area contributed by atoms with Crippen LogP contribution in [0.1, 0.15) is 57.7 Å². The Morgan fingerprint density at radius 2 is 1.90 bits per heavy atom. The summed E-state index contributed by atoms with van der Waals surface area (Å²) in [5.41, 5.74) is 1.08. The standard InChI is InChI=1S/C23H29N5O2S/c1-13(23-10-14-7-15(11-23)9-16(8-14)12-23)24-19(29)4-3-18-25-26-22-27(2)21(30)20-17(28(18)22)5-6-31-20/h5-6,13-16H,3-4,7-12H2,1-2H3,(H,24,29)/t13-,14?,15?,16?,23?/m0/s1. The first-order valence-corrected chi connectivity index (χ1v) is 12.4. The highest BCUT2D eigenvalue weighted by molar-refractivity contribution is 7.17. The van der Waals surface area contributed by atoms with Crippen LogP contribution in [0.15, 0.2) is 16.2 Å². The summed E-state index contributed by atoms with van der Waals surface area (Å²) in [5.74, 6) is 3.99. The number of amides is 1. The van der Waals surface area contributed by atoms with E-state index in [4.69, 9.17) is 0 Å². The minimum absolute atomic E-state index is 0.0569. The third-order valence-electron chi connectivity index (χ3n) is 8.35. The number of nitrogens with one attached hydrogen (secondary N) is 1. The summed E-state index contributed by atoms with van der Waals surface area (Å²) in [4.78, 5) is 25.4. The number of aromatic nitrogens is 4. The van der Waals surface area contributed by atoms with E-state index in [1.54, 1.807) is 7.05 Å². The lowest BCUT2D eigenvalue weighted by molar-refractivity contribution is -0.125. The molecule has 164 valence electrons. The van der Waals surface area contributed by atoms with Gasteiger partial charge in [0.25, 0.3) is 5.56 Å². The Labute approximate surface area is 184 Å². The molecule has 3 heterocycles. The zero-order chi connectivity index (χ0) is 21.3. The normalized spacial score (nSPS) is 30.3. The van der Waals surface area contributed by atoms with Crippen LogP contribution in [0.2, 0.25) is 0 Å². The maximum atomic E-state index is 12.9. The lowest BCUT2D eigenvalue weighted by atomic mass is 9.48. The van der Waals surface area contributed by atoms with Crippen molar-refractivity contribution in [3.05, 3.63) is 27.6 Å². The number of nitrogens with zero attached hydrogens (tertiary/aromatic N) is 4. The predicted molar refractivity (Wildman–Crippen MR) is 120 cm³/mol. The number of thiophene rings is 1. The minimum atomic E-state index is -0.0569. The van der Waals surface area contributed by atoms with E-state index in [-0.39, 0.29) is 17.5 Å². The fraction of sp³-hybridized carbons (Fsp3) is 0.652. The van der Waals surface area contributed by atoms with Gasteiger partial charge in [0.05, 0.1) is 5.52 Å². The molecular formula is C23H29N5O2S. The molecule has 0 saturated heterocycles. The highest BCUT2D eigenvalue weighted by Crippen LogP contribution is 2.61. The fourth-order valence-electron chi connectivity index (χ4n) is 7.21. The molecule has 4 aliphatic rings. The van der Waals surface area contributed by atoms with Crippen molar-refractivity contribution in [1.82, 2.24) is 24.5 Å². The molecule has 0 aliphatic heterocycles. The molecule has 8 heteroatoms. The second-order valence-corrected chi connectivity index (χ2v) is 11.2. The Morgan fingerprint density at radius 1 is 1.23 bits per heavy atom. The second-order valence-electron chi connectivity index (χ2n) is 10.3. The topological polar surface area (TPSA) is 81.3 Å². The molecule has 1 N–H and O–H groups in total. The fourth-order valence-corrected chi connectivity index (χ4v) is 8.07. The first-order chi connectivity index (χ1) is 14.9. The summed E-state index contributed by atoms with van der Waals surface area (Å²) < 4.78 is 4.14. The molecule has 31 heavy (non-hydrogen) atoms. The zero-order valence-corrected chi connectivity index (χ0v) is 19.0. The van der Waals surface area contributed by atoms with E-state index in [1.807, 2.05) is 15.8 Å². The molecule has 4 aliphatic carbocycles. The van der Waals surface area contributed by atoms with Gasteiger partial charge in [-0.05, 0) is 80.1 Å². The third kappa shape index (κ3) is 2.97. The molecule has 7 rings (SSSR count). The molecular weight excluding hydrogens is 410 g/mol. The average Bonchev–Trinajstić information content (AvgIpc) is 3.36. The van der Waals surface area contributed by atoms with Crippen LogP contribution in [0.3, 0.4) is 0 Å². The summed E-state index contributed by atoms with van der Waals surface area (Å²) in [7, 11) is 1.72. The van der Waals surface area contributed by atoms with Crippen molar-refractivity contribution >= 4 is 33.2 Å². The van der Waals surface area contributed by atoms with Gasteiger partial charge in [-0.25, -0.2) is 0 Å². The molecule has 1 amide bonds.